The van der Waals surface area contributed by atoms with Crippen molar-refractivity contribution in [2.24, 2.45) is 5.73 Å². The van der Waals surface area contributed by atoms with Crippen molar-refractivity contribution in [3.05, 3.63) is 12.7 Å². The summed E-state index contributed by atoms with van der Waals surface area (Å²) in [7, 11) is 0. The highest BCUT2D eigenvalue weighted by Crippen LogP contribution is 2.21. The van der Waals surface area contributed by atoms with Crippen molar-refractivity contribution in [3.63, 3.8) is 0 Å². The summed E-state index contributed by atoms with van der Waals surface area (Å²) in [5, 5.41) is 0. The van der Waals surface area contributed by atoms with Crippen molar-refractivity contribution in [2.75, 3.05) is 0 Å². The van der Waals surface area contributed by atoms with Gasteiger partial charge in [0.15, 0.2) is 0 Å². The summed E-state index contributed by atoms with van der Waals surface area (Å²) < 4.78 is 0. The van der Waals surface area contributed by atoms with Crippen LogP contribution >= 0.6 is 0 Å². The van der Waals surface area contributed by atoms with E-state index in [1.165, 1.54) is 19.3 Å². The van der Waals surface area contributed by atoms with E-state index in [1.54, 1.807) is 0 Å². The van der Waals surface area contributed by atoms with Crippen molar-refractivity contribution in [1.82, 2.24) is 0 Å². The minimum atomic E-state index is 0.0342. The summed E-state index contributed by atoms with van der Waals surface area (Å²) in [6.45, 7) is 8.16. The summed E-state index contributed by atoms with van der Waals surface area (Å²) in [6, 6.07) is 0. The van der Waals surface area contributed by atoms with Crippen LogP contribution in [0, 0.1) is 0 Å². The highest BCUT2D eigenvalue weighted by atomic mass is 14.7. The molecule has 0 aromatic rings. The van der Waals surface area contributed by atoms with Crippen LogP contribution in [0.5, 0.6) is 0 Å². The van der Waals surface area contributed by atoms with Gasteiger partial charge in [0.05, 0.1) is 0 Å². The lowest BCUT2D eigenvalue weighted by Gasteiger charge is -2.27. The standard InChI is InChI=1S/C11H23N/c1-4-7-10-11(12,8-5-2)9-6-3/h5H,2,4,6-10,12H2,1,3H3. The molecular formula is C11H23N. The van der Waals surface area contributed by atoms with Crippen molar-refractivity contribution in [2.45, 2.75) is 57.9 Å². The van der Waals surface area contributed by atoms with Crippen LogP contribution in [0.25, 0.3) is 0 Å². The number of unbranched alkanes of at least 4 members (excludes halogenated alkanes) is 1. The van der Waals surface area contributed by atoms with E-state index in [9.17, 15) is 0 Å². The lowest BCUT2D eigenvalue weighted by atomic mass is 9.86. The Balaban J connectivity index is 3.88. The Labute approximate surface area is 77.0 Å². The van der Waals surface area contributed by atoms with Crippen molar-refractivity contribution in [3.8, 4) is 0 Å². The zero-order valence-corrected chi connectivity index (χ0v) is 8.60. The SMILES string of the molecule is C=CCC(N)(CCC)CCCC. The monoisotopic (exact) mass is 169 g/mol. The fraction of sp³-hybridized carbons (Fsp3) is 0.818. The first kappa shape index (κ1) is 11.7. The largest absolute Gasteiger partial charge is 0.325 e. The Bertz CT molecular complexity index is 120. The van der Waals surface area contributed by atoms with Gasteiger partial charge in [-0.15, -0.1) is 6.58 Å². The van der Waals surface area contributed by atoms with E-state index in [0.29, 0.717) is 0 Å². The predicted molar refractivity (Wildman–Crippen MR) is 56.2 cm³/mol. The molecular weight excluding hydrogens is 146 g/mol. The van der Waals surface area contributed by atoms with Gasteiger partial charge < -0.3 is 5.73 Å². The first-order chi connectivity index (χ1) is 5.68. The van der Waals surface area contributed by atoms with E-state index < -0.39 is 0 Å². The molecule has 0 radical (unpaired) electrons. The van der Waals surface area contributed by atoms with Crippen molar-refractivity contribution in [1.29, 1.82) is 0 Å². The fourth-order valence-electron chi connectivity index (χ4n) is 1.64. The number of rotatable bonds is 7. The molecule has 0 heterocycles. The van der Waals surface area contributed by atoms with Gasteiger partial charge in [-0.2, -0.15) is 0 Å². The van der Waals surface area contributed by atoms with Gasteiger partial charge in [-0.1, -0.05) is 39.2 Å². The molecule has 1 unspecified atom stereocenters. The summed E-state index contributed by atoms with van der Waals surface area (Å²) in [5.74, 6) is 0. The highest BCUT2D eigenvalue weighted by Gasteiger charge is 2.20. The van der Waals surface area contributed by atoms with E-state index in [0.717, 1.165) is 19.3 Å². The quantitative estimate of drug-likeness (QED) is 0.582. The zero-order valence-electron chi connectivity index (χ0n) is 8.60. The number of nitrogens with two attached hydrogens (primary N) is 1. The van der Waals surface area contributed by atoms with Gasteiger partial charge in [0.25, 0.3) is 0 Å². The average Bonchev–Trinajstić information content (AvgIpc) is 2.02. The molecule has 0 aromatic carbocycles. The molecule has 2 N–H and O–H groups in total. The molecule has 0 aliphatic rings. The number of hydrogen-bond acceptors (Lipinski definition) is 1. The van der Waals surface area contributed by atoms with E-state index in [4.69, 9.17) is 5.73 Å². The molecule has 0 spiro atoms. The van der Waals surface area contributed by atoms with Gasteiger partial charge >= 0.3 is 0 Å². The van der Waals surface area contributed by atoms with Gasteiger partial charge in [-0.3, -0.25) is 0 Å². The third-order valence-corrected chi connectivity index (χ3v) is 2.33. The predicted octanol–water partition coefficient (Wildman–Crippen LogP) is 3.25. The van der Waals surface area contributed by atoms with Gasteiger partial charge in [0.1, 0.15) is 0 Å². The van der Waals surface area contributed by atoms with Crippen molar-refractivity contribution < 1.29 is 0 Å². The minimum Gasteiger partial charge on any atom is -0.325 e. The van der Waals surface area contributed by atoms with E-state index >= 15 is 0 Å². The molecule has 0 bridgehead atoms. The average molecular weight is 169 g/mol. The summed E-state index contributed by atoms with van der Waals surface area (Å²) >= 11 is 0. The molecule has 0 aromatic heterocycles. The topological polar surface area (TPSA) is 26.0 Å². The first-order valence-corrected chi connectivity index (χ1v) is 5.08. The van der Waals surface area contributed by atoms with Gasteiger partial charge in [-0.05, 0) is 19.3 Å². The Kier molecular flexibility index (Phi) is 6.09. The molecule has 1 nitrogen and oxygen atoms in total. The highest BCUT2D eigenvalue weighted by molar-refractivity contribution is 4.90. The van der Waals surface area contributed by atoms with E-state index in [1.807, 2.05) is 6.08 Å². The number of hydrogen-bond donors (Lipinski definition) is 1. The molecule has 0 aliphatic carbocycles. The lowest BCUT2D eigenvalue weighted by Crippen LogP contribution is -2.38. The Morgan fingerprint density at radius 3 is 2.33 bits per heavy atom. The molecule has 0 amide bonds. The normalized spacial score (nSPS) is 15.6. The first-order valence-electron chi connectivity index (χ1n) is 5.08. The van der Waals surface area contributed by atoms with Crippen LogP contribution < -0.4 is 5.73 Å². The van der Waals surface area contributed by atoms with Crippen LogP contribution in [0.1, 0.15) is 52.4 Å². The van der Waals surface area contributed by atoms with Crippen molar-refractivity contribution >= 4 is 0 Å². The third kappa shape index (κ3) is 4.55. The van der Waals surface area contributed by atoms with E-state index in [2.05, 4.69) is 20.4 Å². The second-order valence-corrected chi connectivity index (χ2v) is 3.71. The van der Waals surface area contributed by atoms with Crippen LogP contribution in [-0.2, 0) is 0 Å². The van der Waals surface area contributed by atoms with Crippen LogP contribution in [0.3, 0.4) is 0 Å². The maximum Gasteiger partial charge on any atom is 0.0188 e. The Morgan fingerprint density at radius 2 is 1.92 bits per heavy atom. The second kappa shape index (κ2) is 6.24. The zero-order chi connectivity index (χ0) is 9.45. The van der Waals surface area contributed by atoms with Gasteiger partial charge in [0, 0.05) is 5.54 Å². The molecule has 12 heavy (non-hydrogen) atoms. The molecule has 0 rings (SSSR count). The molecule has 1 atom stereocenters. The molecule has 0 aliphatic heterocycles. The molecule has 1 heteroatoms. The fourth-order valence-corrected chi connectivity index (χ4v) is 1.64. The lowest BCUT2D eigenvalue weighted by molar-refractivity contribution is 0.354. The molecule has 0 fully saturated rings. The van der Waals surface area contributed by atoms with Gasteiger partial charge in [0.2, 0.25) is 0 Å². The third-order valence-electron chi connectivity index (χ3n) is 2.33. The second-order valence-electron chi connectivity index (χ2n) is 3.71. The van der Waals surface area contributed by atoms with E-state index in [-0.39, 0.29) is 5.54 Å². The maximum absolute atomic E-state index is 6.23. The van der Waals surface area contributed by atoms with Gasteiger partial charge in [-0.25, -0.2) is 0 Å². The summed E-state index contributed by atoms with van der Waals surface area (Å²) in [4.78, 5) is 0. The Hall–Kier alpha value is -0.300. The summed E-state index contributed by atoms with van der Waals surface area (Å²) in [6.07, 6.45) is 8.83. The van der Waals surface area contributed by atoms with Crippen LogP contribution in [0.4, 0.5) is 0 Å². The minimum absolute atomic E-state index is 0.0342. The van der Waals surface area contributed by atoms with Crippen LogP contribution in [0.15, 0.2) is 12.7 Å². The maximum atomic E-state index is 6.23. The smallest absolute Gasteiger partial charge is 0.0188 e. The molecule has 72 valence electrons. The van der Waals surface area contributed by atoms with Crippen LogP contribution in [-0.4, -0.2) is 5.54 Å². The molecule has 0 saturated heterocycles. The van der Waals surface area contributed by atoms with Crippen LogP contribution in [0.2, 0.25) is 0 Å². The Morgan fingerprint density at radius 1 is 1.25 bits per heavy atom. The summed E-state index contributed by atoms with van der Waals surface area (Å²) in [5.41, 5.74) is 6.27. The molecule has 0 saturated carbocycles.